The lowest BCUT2D eigenvalue weighted by molar-refractivity contribution is -0.127. The number of amides is 2. The van der Waals surface area contributed by atoms with Gasteiger partial charge in [-0.3, -0.25) is 4.79 Å². The number of imide groups is 1. The Kier molecular flexibility index (Phi) is 2.49. The van der Waals surface area contributed by atoms with E-state index in [4.69, 9.17) is 0 Å². The van der Waals surface area contributed by atoms with Crippen LogP contribution in [0.15, 0.2) is 16.8 Å². The summed E-state index contributed by atoms with van der Waals surface area (Å²) in [6.45, 7) is 0.690. The Morgan fingerprint density at radius 3 is 3.07 bits per heavy atom. The van der Waals surface area contributed by atoms with E-state index in [1.807, 2.05) is 16.8 Å². The average Bonchev–Trinajstić information content (AvgIpc) is 2.75. The molecule has 1 aliphatic rings. The molecule has 5 heteroatoms. The lowest BCUT2D eigenvalue weighted by Gasteiger charge is -2.09. The molecule has 4 nitrogen and oxygen atoms in total. The van der Waals surface area contributed by atoms with E-state index in [1.54, 1.807) is 0 Å². The molecule has 1 aromatic rings. The van der Waals surface area contributed by atoms with E-state index in [-0.39, 0.29) is 12.3 Å². The molecule has 0 aliphatic carbocycles. The average molecular weight is 211 g/mol. The van der Waals surface area contributed by atoms with Crippen LogP contribution in [0.5, 0.6) is 0 Å². The Balaban J connectivity index is 1.99. The topological polar surface area (TPSA) is 46.6 Å². The van der Waals surface area contributed by atoms with E-state index in [9.17, 15) is 9.59 Å². The maximum atomic E-state index is 11.6. The summed E-state index contributed by atoms with van der Waals surface area (Å²) < 4.78 is 4.67. The van der Waals surface area contributed by atoms with Crippen LogP contribution in [0.1, 0.15) is 5.56 Å². The number of hydrogen-bond acceptors (Lipinski definition) is 4. The minimum atomic E-state index is -0.523. The zero-order chi connectivity index (χ0) is 9.97. The first kappa shape index (κ1) is 9.21. The number of nitrogens with zero attached hydrogens (tertiary/aromatic N) is 1. The van der Waals surface area contributed by atoms with Crippen LogP contribution in [0.25, 0.3) is 0 Å². The monoisotopic (exact) mass is 211 g/mol. The molecule has 74 valence electrons. The molecular weight excluding hydrogens is 202 g/mol. The minimum Gasteiger partial charge on any atom is -0.447 e. The summed E-state index contributed by atoms with van der Waals surface area (Å²) in [4.78, 5) is 23.7. The highest BCUT2D eigenvalue weighted by atomic mass is 32.1. The molecule has 0 unspecified atom stereocenters. The molecule has 2 heterocycles. The van der Waals surface area contributed by atoms with Gasteiger partial charge in [0.05, 0.1) is 13.0 Å². The minimum absolute atomic E-state index is 0.189. The summed E-state index contributed by atoms with van der Waals surface area (Å²) in [5.74, 6) is -0.189. The van der Waals surface area contributed by atoms with Crippen molar-refractivity contribution in [3.63, 3.8) is 0 Å². The highest BCUT2D eigenvalue weighted by Crippen LogP contribution is 2.10. The lowest BCUT2D eigenvalue weighted by Crippen LogP contribution is -2.32. The third-order valence-corrected chi connectivity index (χ3v) is 2.73. The Labute approximate surface area is 85.1 Å². The fourth-order valence-electron chi connectivity index (χ4n) is 1.28. The molecule has 1 fully saturated rings. The lowest BCUT2D eigenvalue weighted by atomic mass is 10.2. The Bertz CT molecular complexity index is 347. The van der Waals surface area contributed by atoms with Crippen molar-refractivity contribution in [2.24, 2.45) is 0 Å². The van der Waals surface area contributed by atoms with Gasteiger partial charge in [0.1, 0.15) is 6.61 Å². The fraction of sp³-hybridized carbons (Fsp3) is 0.333. The van der Waals surface area contributed by atoms with Crippen LogP contribution in [0, 0.1) is 0 Å². The van der Waals surface area contributed by atoms with Gasteiger partial charge in [-0.05, 0) is 22.4 Å². The first-order valence-electron chi connectivity index (χ1n) is 4.25. The normalized spacial score (nSPS) is 15.7. The quantitative estimate of drug-likeness (QED) is 0.740. The molecule has 2 rings (SSSR count). The van der Waals surface area contributed by atoms with Crippen LogP contribution in [0.2, 0.25) is 0 Å². The van der Waals surface area contributed by atoms with Crippen LogP contribution < -0.4 is 0 Å². The van der Waals surface area contributed by atoms with Crippen LogP contribution >= 0.6 is 11.3 Å². The van der Waals surface area contributed by atoms with Gasteiger partial charge in [-0.25, -0.2) is 9.69 Å². The molecule has 1 aromatic heterocycles. The summed E-state index contributed by atoms with van der Waals surface area (Å²) in [6, 6.07) is 1.88. The molecule has 0 aromatic carbocycles. The van der Waals surface area contributed by atoms with Crippen LogP contribution in [-0.2, 0) is 16.0 Å². The second kappa shape index (κ2) is 3.79. The number of thiophene rings is 1. The highest BCUT2D eigenvalue weighted by Gasteiger charge is 2.27. The van der Waals surface area contributed by atoms with Gasteiger partial charge in [0.2, 0.25) is 5.91 Å². The smallest absolute Gasteiger partial charge is 0.416 e. The summed E-state index contributed by atoms with van der Waals surface area (Å²) in [5.41, 5.74) is 0.944. The van der Waals surface area contributed by atoms with Crippen molar-refractivity contribution in [3.05, 3.63) is 22.4 Å². The van der Waals surface area contributed by atoms with Gasteiger partial charge in [0.15, 0.2) is 0 Å². The van der Waals surface area contributed by atoms with Gasteiger partial charge in [-0.1, -0.05) is 0 Å². The number of carbonyl (C=O) groups is 2. The molecule has 0 N–H and O–H groups in total. The summed E-state index contributed by atoms with van der Waals surface area (Å²) in [5, 5.41) is 3.81. The molecular formula is C9H9NO3S. The summed E-state index contributed by atoms with van der Waals surface area (Å²) in [6.07, 6.45) is -0.247. The van der Waals surface area contributed by atoms with Gasteiger partial charge >= 0.3 is 6.09 Å². The molecule has 14 heavy (non-hydrogen) atoms. The number of hydrogen-bond donors (Lipinski definition) is 0. The van der Waals surface area contributed by atoms with Crippen molar-refractivity contribution in [1.82, 2.24) is 4.90 Å². The zero-order valence-corrected chi connectivity index (χ0v) is 8.25. The Hall–Kier alpha value is -1.36. The van der Waals surface area contributed by atoms with Crippen LogP contribution in [0.4, 0.5) is 4.79 Å². The van der Waals surface area contributed by atoms with Crippen LogP contribution in [0.3, 0.4) is 0 Å². The van der Waals surface area contributed by atoms with E-state index >= 15 is 0 Å². The first-order valence-corrected chi connectivity index (χ1v) is 5.20. The summed E-state index contributed by atoms with van der Waals surface area (Å²) in [7, 11) is 0. The van der Waals surface area contributed by atoms with Crippen molar-refractivity contribution in [1.29, 1.82) is 0 Å². The molecule has 0 spiro atoms. The predicted octanol–water partition coefficient (Wildman–Crippen LogP) is 1.27. The molecule has 1 aliphatic heterocycles. The number of ether oxygens (including phenoxy) is 1. The molecule has 0 saturated carbocycles. The van der Waals surface area contributed by atoms with E-state index in [2.05, 4.69) is 4.74 Å². The molecule has 2 amide bonds. The standard InChI is InChI=1S/C9H9NO3S/c11-8(5-7-1-4-14-6-7)10-2-3-13-9(10)12/h1,4,6H,2-3,5H2. The van der Waals surface area contributed by atoms with Crippen LogP contribution in [-0.4, -0.2) is 30.1 Å². The first-order chi connectivity index (χ1) is 6.77. The maximum Gasteiger partial charge on any atom is 0.416 e. The van der Waals surface area contributed by atoms with Crippen molar-refractivity contribution in [2.45, 2.75) is 6.42 Å². The summed E-state index contributed by atoms with van der Waals surface area (Å²) >= 11 is 1.54. The van der Waals surface area contributed by atoms with Gasteiger partial charge in [0, 0.05) is 0 Å². The highest BCUT2D eigenvalue weighted by molar-refractivity contribution is 7.07. The third-order valence-electron chi connectivity index (χ3n) is 2.00. The number of cyclic esters (lactones) is 1. The van der Waals surface area contributed by atoms with Crippen molar-refractivity contribution < 1.29 is 14.3 Å². The zero-order valence-electron chi connectivity index (χ0n) is 7.43. The van der Waals surface area contributed by atoms with E-state index < -0.39 is 6.09 Å². The Morgan fingerprint density at radius 2 is 2.50 bits per heavy atom. The van der Waals surface area contributed by atoms with Gasteiger partial charge in [-0.2, -0.15) is 11.3 Å². The van der Waals surface area contributed by atoms with Crippen molar-refractivity contribution in [2.75, 3.05) is 13.2 Å². The van der Waals surface area contributed by atoms with E-state index in [1.165, 1.54) is 11.3 Å². The molecule has 0 atom stereocenters. The molecule has 0 bridgehead atoms. The number of rotatable bonds is 2. The second-order valence-electron chi connectivity index (χ2n) is 2.97. The predicted molar refractivity (Wildman–Crippen MR) is 51.1 cm³/mol. The Morgan fingerprint density at radius 1 is 1.64 bits per heavy atom. The van der Waals surface area contributed by atoms with Crippen molar-refractivity contribution >= 4 is 23.3 Å². The molecule has 0 radical (unpaired) electrons. The molecule has 1 saturated heterocycles. The SMILES string of the molecule is O=C(Cc1ccsc1)N1CCOC1=O. The van der Waals surface area contributed by atoms with Gasteiger partial charge in [-0.15, -0.1) is 0 Å². The fourth-order valence-corrected chi connectivity index (χ4v) is 1.95. The largest absolute Gasteiger partial charge is 0.447 e. The maximum absolute atomic E-state index is 11.6. The van der Waals surface area contributed by atoms with Gasteiger partial charge < -0.3 is 4.74 Å². The van der Waals surface area contributed by atoms with E-state index in [0.717, 1.165) is 10.5 Å². The van der Waals surface area contributed by atoms with Crippen molar-refractivity contribution in [3.8, 4) is 0 Å². The number of carbonyl (C=O) groups excluding carboxylic acids is 2. The third kappa shape index (κ3) is 1.77. The second-order valence-corrected chi connectivity index (χ2v) is 3.75. The van der Waals surface area contributed by atoms with Gasteiger partial charge in [0.25, 0.3) is 0 Å². The van der Waals surface area contributed by atoms with E-state index in [0.29, 0.717) is 13.2 Å².